The Hall–Kier alpha value is -1.36. The van der Waals surface area contributed by atoms with Gasteiger partial charge in [0.2, 0.25) is 0 Å². The molecule has 1 aliphatic heterocycles. The van der Waals surface area contributed by atoms with Crippen LogP contribution in [0, 0.1) is 6.92 Å². The zero-order chi connectivity index (χ0) is 10.7. The molecular weight excluding hydrogens is 192 g/mol. The summed E-state index contributed by atoms with van der Waals surface area (Å²) in [5.74, 6) is 0.724. The summed E-state index contributed by atoms with van der Waals surface area (Å²) in [6, 6.07) is 0.220. The number of aryl methyl sites for hydroxylation is 1. The van der Waals surface area contributed by atoms with Crippen LogP contribution in [0.5, 0.6) is 0 Å². The lowest BCUT2D eigenvalue weighted by atomic mass is 10.1. The Morgan fingerprint density at radius 1 is 1.60 bits per heavy atom. The minimum atomic E-state index is -0.0723. The maximum Gasteiger partial charge on any atom is 0.327 e. The van der Waals surface area contributed by atoms with Gasteiger partial charge in [0, 0.05) is 18.4 Å². The third-order valence-corrected chi connectivity index (χ3v) is 2.71. The predicted molar refractivity (Wildman–Crippen MR) is 56.8 cm³/mol. The third-order valence-electron chi connectivity index (χ3n) is 2.71. The number of nitrogens with zero attached hydrogens (tertiary/aromatic N) is 2. The molecule has 2 heterocycles. The first-order valence-corrected chi connectivity index (χ1v) is 5.29. The van der Waals surface area contributed by atoms with Gasteiger partial charge in [-0.2, -0.15) is 0 Å². The highest BCUT2D eigenvalue weighted by Crippen LogP contribution is 2.03. The number of aromatic nitrogens is 2. The molecule has 0 aliphatic carbocycles. The second-order valence-corrected chi connectivity index (χ2v) is 3.82. The fourth-order valence-corrected chi connectivity index (χ4v) is 1.80. The smallest absolute Gasteiger partial charge is 0.327 e. The number of amides is 1. The molecule has 0 bridgehead atoms. The highest BCUT2D eigenvalue weighted by molar-refractivity contribution is 5.77. The predicted octanol–water partition coefficient (Wildman–Crippen LogP) is 0.501. The van der Waals surface area contributed by atoms with E-state index in [-0.39, 0.29) is 6.03 Å². The van der Waals surface area contributed by atoms with E-state index in [4.69, 9.17) is 0 Å². The van der Waals surface area contributed by atoms with E-state index < -0.39 is 0 Å². The van der Waals surface area contributed by atoms with E-state index in [1.54, 1.807) is 17.0 Å². The maximum atomic E-state index is 11.8. The van der Waals surface area contributed by atoms with Crippen molar-refractivity contribution in [1.29, 1.82) is 0 Å². The Bertz CT molecular complexity index is 341. The first kappa shape index (κ1) is 10.2. The Balaban J connectivity index is 1.94. The summed E-state index contributed by atoms with van der Waals surface area (Å²) >= 11 is 0. The average Bonchev–Trinajstić information content (AvgIpc) is 2.66. The van der Waals surface area contributed by atoms with E-state index in [9.17, 15) is 4.79 Å². The van der Waals surface area contributed by atoms with Crippen LogP contribution in [-0.4, -0.2) is 34.7 Å². The molecule has 0 aromatic carbocycles. The van der Waals surface area contributed by atoms with Crippen LogP contribution < -0.4 is 10.6 Å². The summed E-state index contributed by atoms with van der Waals surface area (Å²) in [6.07, 6.45) is 5.32. The Labute approximate surface area is 88.9 Å². The Kier molecular flexibility index (Phi) is 3.01. The van der Waals surface area contributed by atoms with E-state index in [1.807, 2.05) is 6.92 Å². The number of piperidine rings is 1. The number of carbonyl (C=O) groups excluding carboxylic acids is 1. The van der Waals surface area contributed by atoms with Crippen molar-refractivity contribution in [2.24, 2.45) is 0 Å². The summed E-state index contributed by atoms with van der Waals surface area (Å²) in [7, 11) is 0. The topological polar surface area (TPSA) is 59.0 Å². The molecule has 0 radical (unpaired) electrons. The lowest BCUT2D eigenvalue weighted by Crippen LogP contribution is -2.44. The molecule has 2 N–H and O–H groups in total. The molecule has 1 amide bonds. The molecule has 0 saturated carbocycles. The van der Waals surface area contributed by atoms with E-state index in [0.717, 1.165) is 31.8 Å². The van der Waals surface area contributed by atoms with Gasteiger partial charge in [-0.05, 0) is 32.9 Å². The SMILES string of the molecule is Cc1nccn1C(=O)NC1CCNCC1. The van der Waals surface area contributed by atoms with Gasteiger partial charge in [-0.1, -0.05) is 0 Å². The number of nitrogens with one attached hydrogen (secondary N) is 2. The van der Waals surface area contributed by atoms with Crippen LogP contribution in [0.3, 0.4) is 0 Å². The molecule has 82 valence electrons. The van der Waals surface area contributed by atoms with Crippen molar-refractivity contribution in [2.45, 2.75) is 25.8 Å². The number of hydrogen-bond donors (Lipinski definition) is 2. The van der Waals surface area contributed by atoms with Crippen LogP contribution in [0.25, 0.3) is 0 Å². The number of hydrogen-bond acceptors (Lipinski definition) is 3. The molecule has 1 fully saturated rings. The summed E-state index contributed by atoms with van der Waals surface area (Å²) < 4.78 is 1.54. The van der Waals surface area contributed by atoms with Crippen LogP contribution in [0.2, 0.25) is 0 Å². The monoisotopic (exact) mass is 208 g/mol. The number of carbonyl (C=O) groups is 1. The van der Waals surface area contributed by atoms with Crippen LogP contribution >= 0.6 is 0 Å². The summed E-state index contributed by atoms with van der Waals surface area (Å²) in [6.45, 7) is 3.78. The van der Waals surface area contributed by atoms with Gasteiger partial charge in [0.1, 0.15) is 5.82 Å². The highest BCUT2D eigenvalue weighted by Gasteiger charge is 2.16. The zero-order valence-electron chi connectivity index (χ0n) is 8.86. The Morgan fingerprint density at radius 3 is 2.93 bits per heavy atom. The van der Waals surface area contributed by atoms with Gasteiger partial charge >= 0.3 is 6.03 Å². The molecule has 2 rings (SSSR count). The largest absolute Gasteiger partial charge is 0.335 e. The molecule has 0 unspecified atom stereocenters. The second kappa shape index (κ2) is 4.44. The molecule has 5 heteroatoms. The Morgan fingerprint density at radius 2 is 2.33 bits per heavy atom. The minimum Gasteiger partial charge on any atom is -0.335 e. The molecule has 1 aliphatic rings. The summed E-state index contributed by atoms with van der Waals surface area (Å²) in [5, 5.41) is 6.27. The molecule has 15 heavy (non-hydrogen) atoms. The number of imidazole rings is 1. The summed E-state index contributed by atoms with van der Waals surface area (Å²) in [5.41, 5.74) is 0. The molecule has 1 aromatic heterocycles. The second-order valence-electron chi connectivity index (χ2n) is 3.82. The average molecular weight is 208 g/mol. The standard InChI is InChI=1S/C10H16N4O/c1-8-12-6-7-14(8)10(15)13-9-2-4-11-5-3-9/h6-7,9,11H,2-5H2,1H3,(H,13,15). The van der Waals surface area contributed by atoms with Crippen molar-refractivity contribution in [1.82, 2.24) is 20.2 Å². The van der Waals surface area contributed by atoms with Crippen molar-refractivity contribution in [3.05, 3.63) is 18.2 Å². The van der Waals surface area contributed by atoms with Crippen LogP contribution in [-0.2, 0) is 0 Å². The van der Waals surface area contributed by atoms with Gasteiger partial charge in [0.05, 0.1) is 0 Å². The van der Waals surface area contributed by atoms with Gasteiger partial charge < -0.3 is 10.6 Å². The van der Waals surface area contributed by atoms with Gasteiger partial charge in [0.15, 0.2) is 0 Å². The van der Waals surface area contributed by atoms with Gasteiger partial charge in [-0.25, -0.2) is 9.78 Å². The summed E-state index contributed by atoms with van der Waals surface area (Å²) in [4.78, 5) is 15.8. The van der Waals surface area contributed by atoms with Crippen molar-refractivity contribution in [3.63, 3.8) is 0 Å². The first-order valence-electron chi connectivity index (χ1n) is 5.29. The third kappa shape index (κ3) is 2.36. The van der Waals surface area contributed by atoms with E-state index in [1.165, 1.54) is 0 Å². The highest BCUT2D eigenvalue weighted by atomic mass is 16.2. The van der Waals surface area contributed by atoms with Crippen molar-refractivity contribution < 1.29 is 4.79 Å². The molecule has 0 atom stereocenters. The fourth-order valence-electron chi connectivity index (χ4n) is 1.80. The van der Waals surface area contributed by atoms with E-state index in [2.05, 4.69) is 15.6 Å². The van der Waals surface area contributed by atoms with Crippen LogP contribution in [0.4, 0.5) is 4.79 Å². The normalized spacial score (nSPS) is 17.7. The molecule has 0 spiro atoms. The minimum absolute atomic E-state index is 0.0723. The molecule has 1 aromatic rings. The van der Waals surface area contributed by atoms with Crippen molar-refractivity contribution in [2.75, 3.05) is 13.1 Å². The van der Waals surface area contributed by atoms with Crippen molar-refractivity contribution in [3.8, 4) is 0 Å². The van der Waals surface area contributed by atoms with Gasteiger partial charge in [-0.3, -0.25) is 4.57 Å². The van der Waals surface area contributed by atoms with Gasteiger partial charge in [0.25, 0.3) is 0 Å². The van der Waals surface area contributed by atoms with Crippen LogP contribution in [0.15, 0.2) is 12.4 Å². The zero-order valence-corrected chi connectivity index (χ0v) is 8.86. The van der Waals surface area contributed by atoms with Gasteiger partial charge in [-0.15, -0.1) is 0 Å². The lowest BCUT2D eigenvalue weighted by Gasteiger charge is -2.23. The molecule has 5 nitrogen and oxygen atoms in total. The molecular formula is C10H16N4O. The molecule has 1 saturated heterocycles. The maximum absolute atomic E-state index is 11.8. The first-order chi connectivity index (χ1) is 7.27. The fraction of sp³-hybridized carbons (Fsp3) is 0.600. The van der Waals surface area contributed by atoms with E-state index >= 15 is 0 Å². The quantitative estimate of drug-likeness (QED) is 0.706. The lowest BCUT2D eigenvalue weighted by molar-refractivity contribution is 0.234. The van der Waals surface area contributed by atoms with Crippen molar-refractivity contribution >= 4 is 6.03 Å². The van der Waals surface area contributed by atoms with E-state index in [0.29, 0.717) is 6.04 Å². The van der Waals surface area contributed by atoms with Crippen LogP contribution in [0.1, 0.15) is 18.7 Å². The number of rotatable bonds is 1.